The fourth-order valence-corrected chi connectivity index (χ4v) is 3.79. The second kappa shape index (κ2) is 11.8. The highest BCUT2D eigenvalue weighted by Gasteiger charge is 2.32. The predicted octanol–water partition coefficient (Wildman–Crippen LogP) is 5.96. The lowest BCUT2D eigenvalue weighted by atomic mass is 9.99. The predicted molar refractivity (Wildman–Crippen MR) is 125 cm³/mol. The lowest BCUT2D eigenvalue weighted by molar-refractivity contribution is -0.275. The Kier molecular flexibility index (Phi) is 8.83. The number of alkyl halides is 3. The molecule has 0 saturated heterocycles. The molecule has 186 valence electrons. The number of halogens is 4. The number of hydrogen-bond donors (Lipinski definition) is 3. The van der Waals surface area contributed by atoms with Gasteiger partial charge in [0.05, 0.1) is 24.0 Å². The Morgan fingerprint density at radius 3 is 2.37 bits per heavy atom. The highest BCUT2D eigenvalue weighted by atomic mass is 32.2. The van der Waals surface area contributed by atoms with Crippen molar-refractivity contribution in [3.8, 4) is 11.5 Å². The molecule has 0 aliphatic heterocycles. The van der Waals surface area contributed by atoms with Gasteiger partial charge in [0.1, 0.15) is 5.75 Å². The number of carbonyl (C=O) groups is 1. The number of ether oxygens (including phenoxy) is 2. The Bertz CT molecular complexity index is 1150. The second-order valence-corrected chi connectivity index (χ2v) is 7.97. The molecular formula is C24H22F4N2O4S. The molecule has 0 fully saturated rings. The molecule has 0 aromatic heterocycles. The van der Waals surface area contributed by atoms with Gasteiger partial charge in [0.25, 0.3) is 0 Å². The molecule has 35 heavy (non-hydrogen) atoms. The van der Waals surface area contributed by atoms with E-state index in [9.17, 15) is 27.5 Å². The topological polar surface area (TPSA) is 79.8 Å². The van der Waals surface area contributed by atoms with Crippen LogP contribution in [0, 0.1) is 5.82 Å². The third-order valence-electron chi connectivity index (χ3n) is 4.65. The molecule has 1 atom stereocenters. The highest BCUT2D eigenvalue weighted by molar-refractivity contribution is 8.00. The van der Waals surface area contributed by atoms with E-state index in [1.165, 1.54) is 6.07 Å². The summed E-state index contributed by atoms with van der Waals surface area (Å²) in [6, 6.07) is 16.7. The van der Waals surface area contributed by atoms with Gasteiger partial charge >= 0.3 is 6.36 Å². The van der Waals surface area contributed by atoms with E-state index in [0.29, 0.717) is 28.5 Å². The number of carbonyl (C=O) groups excluding carboxylic acids is 1. The molecule has 3 rings (SSSR count). The average Bonchev–Trinajstić information content (AvgIpc) is 2.81. The van der Waals surface area contributed by atoms with E-state index < -0.39 is 29.8 Å². The molecule has 1 amide bonds. The Morgan fingerprint density at radius 2 is 1.71 bits per heavy atom. The lowest BCUT2D eigenvalue weighted by Crippen LogP contribution is -2.23. The SMILES string of the molecule is CCOc1cc(NC(=O)C(CO)c2ccccc2)ccc1SNc1ccc(F)c(OC(F)(F)F)c1. The summed E-state index contributed by atoms with van der Waals surface area (Å²) < 4.78 is 63.2. The van der Waals surface area contributed by atoms with Gasteiger partial charge in [-0.25, -0.2) is 4.39 Å². The molecule has 3 aromatic rings. The summed E-state index contributed by atoms with van der Waals surface area (Å²) >= 11 is 1.02. The molecule has 1 unspecified atom stereocenters. The largest absolute Gasteiger partial charge is 0.573 e. The van der Waals surface area contributed by atoms with Gasteiger partial charge in [-0.1, -0.05) is 30.3 Å². The molecule has 0 saturated carbocycles. The average molecular weight is 511 g/mol. The van der Waals surface area contributed by atoms with Crippen LogP contribution in [0.4, 0.5) is 28.9 Å². The second-order valence-electron chi connectivity index (χ2n) is 7.13. The number of hydrogen-bond acceptors (Lipinski definition) is 6. The zero-order valence-electron chi connectivity index (χ0n) is 18.4. The summed E-state index contributed by atoms with van der Waals surface area (Å²) in [6.07, 6.45) is -5.02. The third kappa shape index (κ3) is 7.52. The molecular weight excluding hydrogens is 488 g/mol. The zero-order valence-corrected chi connectivity index (χ0v) is 19.3. The number of anilines is 2. The van der Waals surface area contributed by atoms with Gasteiger partial charge < -0.3 is 24.6 Å². The lowest BCUT2D eigenvalue weighted by Gasteiger charge is -2.17. The molecule has 0 aliphatic carbocycles. The molecule has 3 aromatic carbocycles. The van der Waals surface area contributed by atoms with Crippen LogP contribution in [0.15, 0.2) is 71.6 Å². The van der Waals surface area contributed by atoms with Crippen molar-refractivity contribution in [2.75, 3.05) is 23.3 Å². The Labute approximate surface area is 203 Å². The van der Waals surface area contributed by atoms with Crippen LogP contribution in [0.25, 0.3) is 0 Å². The quantitative estimate of drug-likeness (QED) is 0.231. The van der Waals surface area contributed by atoms with Crippen LogP contribution in [0.2, 0.25) is 0 Å². The minimum Gasteiger partial charge on any atom is -0.493 e. The maximum Gasteiger partial charge on any atom is 0.573 e. The maximum absolute atomic E-state index is 13.6. The summed E-state index contributed by atoms with van der Waals surface area (Å²) in [6.45, 7) is 1.71. The van der Waals surface area contributed by atoms with Crippen molar-refractivity contribution >= 4 is 29.2 Å². The third-order valence-corrected chi connectivity index (χ3v) is 5.54. The van der Waals surface area contributed by atoms with E-state index >= 15 is 0 Å². The van der Waals surface area contributed by atoms with E-state index in [-0.39, 0.29) is 12.3 Å². The van der Waals surface area contributed by atoms with Gasteiger partial charge in [-0.2, -0.15) is 0 Å². The van der Waals surface area contributed by atoms with Crippen LogP contribution < -0.4 is 19.5 Å². The first-order valence-electron chi connectivity index (χ1n) is 10.4. The molecule has 0 bridgehead atoms. The van der Waals surface area contributed by atoms with Crippen molar-refractivity contribution in [1.29, 1.82) is 0 Å². The van der Waals surface area contributed by atoms with Crippen LogP contribution in [-0.4, -0.2) is 30.6 Å². The zero-order chi connectivity index (χ0) is 25.4. The summed E-state index contributed by atoms with van der Waals surface area (Å²) in [5.74, 6) is -2.86. The van der Waals surface area contributed by atoms with E-state index in [1.54, 1.807) is 49.4 Å². The van der Waals surface area contributed by atoms with Gasteiger partial charge in [-0.15, -0.1) is 13.2 Å². The molecule has 6 nitrogen and oxygen atoms in total. The van der Waals surface area contributed by atoms with Crippen molar-refractivity contribution in [1.82, 2.24) is 0 Å². The number of aliphatic hydroxyl groups excluding tert-OH is 1. The molecule has 0 radical (unpaired) electrons. The van der Waals surface area contributed by atoms with E-state index in [2.05, 4.69) is 14.8 Å². The Hall–Kier alpha value is -3.44. The van der Waals surface area contributed by atoms with Crippen molar-refractivity contribution in [3.63, 3.8) is 0 Å². The van der Waals surface area contributed by atoms with Crippen molar-refractivity contribution in [2.45, 2.75) is 24.1 Å². The van der Waals surface area contributed by atoms with Gasteiger partial charge in [0, 0.05) is 23.5 Å². The monoisotopic (exact) mass is 510 g/mol. The van der Waals surface area contributed by atoms with Crippen LogP contribution in [0.1, 0.15) is 18.4 Å². The van der Waals surface area contributed by atoms with Crippen molar-refractivity contribution in [3.05, 3.63) is 78.1 Å². The molecule has 11 heteroatoms. The minimum absolute atomic E-state index is 0.170. The molecule has 0 aliphatic rings. The van der Waals surface area contributed by atoms with E-state index in [4.69, 9.17) is 4.74 Å². The number of amides is 1. The van der Waals surface area contributed by atoms with Crippen molar-refractivity contribution in [2.24, 2.45) is 0 Å². The number of aliphatic hydroxyl groups is 1. The first kappa shape index (κ1) is 26.2. The fourth-order valence-electron chi connectivity index (χ4n) is 3.08. The fraction of sp³-hybridized carbons (Fsp3) is 0.208. The Balaban J connectivity index is 1.73. The van der Waals surface area contributed by atoms with Crippen LogP contribution >= 0.6 is 11.9 Å². The summed E-state index contributed by atoms with van der Waals surface area (Å²) in [5, 5.41) is 12.4. The minimum atomic E-state index is -5.02. The molecule has 0 heterocycles. The molecule has 3 N–H and O–H groups in total. The van der Waals surface area contributed by atoms with E-state index in [1.807, 2.05) is 6.07 Å². The highest BCUT2D eigenvalue weighted by Crippen LogP contribution is 2.35. The summed E-state index contributed by atoms with van der Waals surface area (Å²) in [5.41, 5.74) is 1.27. The van der Waals surface area contributed by atoms with Crippen LogP contribution in [0.3, 0.4) is 0 Å². The standard InChI is InChI=1S/C24H22F4N2O4S/c1-2-33-21-12-16(29-23(32)18(14-31)15-6-4-3-5-7-15)9-11-22(21)35-30-17-8-10-19(25)20(13-17)34-24(26,27)28/h3-13,18,30-31H,2,14H2,1H3,(H,29,32). The van der Waals surface area contributed by atoms with Gasteiger partial charge in [-0.3, -0.25) is 4.79 Å². The molecule has 0 spiro atoms. The van der Waals surface area contributed by atoms with Gasteiger partial charge in [-0.05, 0) is 48.7 Å². The summed E-state index contributed by atoms with van der Waals surface area (Å²) in [4.78, 5) is 13.3. The summed E-state index contributed by atoms with van der Waals surface area (Å²) in [7, 11) is 0. The maximum atomic E-state index is 13.6. The number of benzene rings is 3. The number of rotatable bonds is 10. The van der Waals surface area contributed by atoms with Gasteiger partial charge in [0.15, 0.2) is 11.6 Å². The smallest absolute Gasteiger partial charge is 0.493 e. The van der Waals surface area contributed by atoms with E-state index in [0.717, 1.165) is 24.1 Å². The first-order chi connectivity index (χ1) is 16.7. The first-order valence-corrected chi connectivity index (χ1v) is 11.2. The normalized spacial score (nSPS) is 12.1. The number of nitrogens with one attached hydrogen (secondary N) is 2. The van der Waals surface area contributed by atoms with Gasteiger partial charge in [0.2, 0.25) is 5.91 Å². The van der Waals surface area contributed by atoms with Crippen LogP contribution in [0.5, 0.6) is 11.5 Å². The van der Waals surface area contributed by atoms with Crippen LogP contribution in [-0.2, 0) is 4.79 Å². The van der Waals surface area contributed by atoms with Crippen molar-refractivity contribution < 1.29 is 36.9 Å². The Morgan fingerprint density at radius 1 is 1.03 bits per heavy atom.